The number of carbonyl (C=O) groups is 2. The Bertz CT molecular complexity index is 1410. The molecule has 1 N–H and O–H groups in total. The first-order valence-corrected chi connectivity index (χ1v) is 13.3. The van der Waals surface area contributed by atoms with Crippen LogP contribution in [0, 0.1) is 0 Å². The maximum atomic E-state index is 12.6. The average Bonchev–Trinajstić information content (AvgIpc) is 3.65. The molecule has 9 heteroatoms. The summed E-state index contributed by atoms with van der Waals surface area (Å²) in [7, 11) is 1.43. The van der Waals surface area contributed by atoms with Gasteiger partial charge in [0.2, 0.25) is 0 Å². The largest absolute Gasteiger partial charge is 0.468 e. The molecule has 6 nitrogen and oxygen atoms in total. The van der Waals surface area contributed by atoms with Crippen molar-refractivity contribution in [3.05, 3.63) is 95.2 Å². The Kier molecular flexibility index (Phi) is 8.41. The van der Waals surface area contributed by atoms with Gasteiger partial charge in [0.15, 0.2) is 5.15 Å². The predicted octanol–water partition coefficient (Wildman–Crippen LogP) is 8.14. The van der Waals surface area contributed by atoms with E-state index < -0.39 is 17.6 Å². The summed E-state index contributed by atoms with van der Waals surface area (Å²) < 4.78 is 14.6. The Hall–Kier alpha value is -3.39. The molecule has 1 heterocycles. The molecule has 0 aliphatic heterocycles. The number of amides is 1. The number of anilines is 1. The molecule has 1 aliphatic rings. The standard InChI is InChI=1S/C29H26Cl2N2O4S/c1-5-6-23(17(2)30)18(3)37-28(35)32-24-25(38-33-26(24)31)21-9-7-19(8-10-21)20-11-13-22(14-12-20)29(15-16-29)27(34)36-4/h5-14,18H,1-2,15-16H2,3-4H3,(H,32,35)/b23-6+/t18-/m1/s1. The number of nitrogens with one attached hydrogen (secondary N) is 1. The first-order valence-electron chi connectivity index (χ1n) is 11.8. The average molecular weight is 570 g/mol. The highest BCUT2D eigenvalue weighted by Gasteiger charge is 2.52. The molecular weight excluding hydrogens is 543 g/mol. The molecule has 0 saturated heterocycles. The smallest absolute Gasteiger partial charge is 0.412 e. The van der Waals surface area contributed by atoms with Gasteiger partial charge in [-0.2, -0.15) is 4.37 Å². The van der Waals surface area contributed by atoms with Crippen LogP contribution < -0.4 is 5.32 Å². The minimum absolute atomic E-state index is 0.164. The van der Waals surface area contributed by atoms with Crippen LogP contribution >= 0.6 is 34.7 Å². The molecule has 0 unspecified atom stereocenters. The van der Waals surface area contributed by atoms with Crippen molar-refractivity contribution in [1.82, 2.24) is 4.37 Å². The number of hydrogen-bond acceptors (Lipinski definition) is 6. The molecule has 1 atom stereocenters. The first kappa shape index (κ1) is 27.6. The van der Waals surface area contributed by atoms with E-state index in [1.807, 2.05) is 48.5 Å². The molecule has 38 heavy (non-hydrogen) atoms. The molecule has 196 valence electrons. The predicted molar refractivity (Wildman–Crippen MR) is 154 cm³/mol. The van der Waals surface area contributed by atoms with Gasteiger partial charge in [0.25, 0.3) is 0 Å². The number of methoxy groups -OCH3 is 1. The number of rotatable bonds is 9. The van der Waals surface area contributed by atoms with Gasteiger partial charge in [0.05, 0.1) is 17.4 Å². The van der Waals surface area contributed by atoms with E-state index in [2.05, 4.69) is 22.8 Å². The summed E-state index contributed by atoms with van der Waals surface area (Å²) in [5, 5.41) is 3.12. The highest BCUT2D eigenvalue weighted by Crippen LogP contribution is 2.49. The number of benzene rings is 2. The molecule has 3 aromatic rings. The zero-order chi connectivity index (χ0) is 27.4. The van der Waals surface area contributed by atoms with Crippen LogP contribution in [-0.2, 0) is 19.7 Å². The van der Waals surface area contributed by atoms with Crippen LogP contribution in [0.5, 0.6) is 0 Å². The maximum Gasteiger partial charge on any atom is 0.412 e. The molecule has 1 fully saturated rings. The zero-order valence-corrected chi connectivity index (χ0v) is 23.3. The van der Waals surface area contributed by atoms with Gasteiger partial charge >= 0.3 is 12.1 Å². The lowest BCUT2D eigenvalue weighted by molar-refractivity contribution is -0.143. The minimum atomic E-state index is -0.703. The fourth-order valence-corrected chi connectivity index (χ4v) is 5.49. The van der Waals surface area contributed by atoms with E-state index in [4.69, 9.17) is 32.7 Å². The number of aromatic nitrogens is 1. The van der Waals surface area contributed by atoms with Gasteiger partial charge < -0.3 is 9.47 Å². The Morgan fingerprint density at radius 3 is 2.21 bits per heavy atom. The molecule has 1 saturated carbocycles. The molecular formula is C29H26Cl2N2O4S. The highest BCUT2D eigenvalue weighted by molar-refractivity contribution is 7.10. The molecule has 1 amide bonds. The maximum absolute atomic E-state index is 12.6. The minimum Gasteiger partial charge on any atom is -0.468 e. The Labute approximate surface area is 235 Å². The van der Waals surface area contributed by atoms with Gasteiger partial charge in [-0.3, -0.25) is 10.1 Å². The lowest BCUT2D eigenvalue weighted by Crippen LogP contribution is -2.22. The van der Waals surface area contributed by atoms with Crippen molar-refractivity contribution in [2.75, 3.05) is 12.4 Å². The van der Waals surface area contributed by atoms with E-state index in [0.717, 1.165) is 35.1 Å². The van der Waals surface area contributed by atoms with Gasteiger partial charge in [0.1, 0.15) is 11.8 Å². The Morgan fingerprint density at radius 2 is 1.68 bits per heavy atom. The van der Waals surface area contributed by atoms with Crippen LogP contribution in [0.25, 0.3) is 21.6 Å². The number of allylic oxidation sites excluding steroid dienone is 2. The van der Waals surface area contributed by atoms with Crippen molar-refractivity contribution >= 4 is 52.5 Å². The van der Waals surface area contributed by atoms with E-state index >= 15 is 0 Å². The lowest BCUT2D eigenvalue weighted by Gasteiger charge is -2.16. The Balaban J connectivity index is 1.49. The quantitative estimate of drug-likeness (QED) is 0.208. The molecule has 4 rings (SSSR count). The number of carbonyl (C=O) groups excluding carboxylic acids is 2. The third-order valence-electron chi connectivity index (χ3n) is 6.45. The fraction of sp³-hybridized carbons (Fsp3) is 0.207. The number of esters is 1. The topological polar surface area (TPSA) is 77.5 Å². The molecule has 0 spiro atoms. The van der Waals surface area contributed by atoms with Gasteiger partial charge in [-0.25, -0.2) is 4.79 Å². The second-order valence-electron chi connectivity index (χ2n) is 8.84. The number of ether oxygens (including phenoxy) is 2. The number of nitrogens with zero attached hydrogens (tertiary/aromatic N) is 1. The van der Waals surface area contributed by atoms with Crippen LogP contribution in [-0.4, -0.2) is 29.6 Å². The SMILES string of the molecule is C=C/C=C(\C(=C)Cl)[C@@H](C)OC(=O)Nc1c(Cl)nsc1-c1ccc(-c2ccc(C3(C(=O)OC)CC3)cc2)cc1. The summed E-state index contributed by atoms with van der Waals surface area (Å²) in [4.78, 5) is 25.5. The van der Waals surface area contributed by atoms with Crippen LogP contribution in [0.3, 0.4) is 0 Å². The normalized spacial score (nSPS) is 14.8. The van der Waals surface area contributed by atoms with E-state index in [1.54, 1.807) is 19.1 Å². The van der Waals surface area contributed by atoms with Crippen LogP contribution in [0.2, 0.25) is 5.15 Å². The van der Waals surface area contributed by atoms with E-state index in [9.17, 15) is 9.59 Å². The fourth-order valence-electron chi connectivity index (χ4n) is 4.23. The van der Waals surface area contributed by atoms with E-state index in [0.29, 0.717) is 16.1 Å². The van der Waals surface area contributed by atoms with Crippen molar-refractivity contribution in [1.29, 1.82) is 0 Å². The molecule has 1 aromatic heterocycles. The molecule has 0 bridgehead atoms. The number of halogens is 2. The highest BCUT2D eigenvalue weighted by atomic mass is 35.5. The van der Waals surface area contributed by atoms with Gasteiger partial charge in [-0.15, -0.1) is 0 Å². The second kappa shape index (κ2) is 11.6. The van der Waals surface area contributed by atoms with Crippen LogP contribution in [0.1, 0.15) is 25.3 Å². The summed E-state index contributed by atoms with van der Waals surface area (Å²) in [6, 6.07) is 15.8. The molecule has 0 radical (unpaired) electrons. The summed E-state index contributed by atoms with van der Waals surface area (Å²) in [5.74, 6) is -0.182. The summed E-state index contributed by atoms with van der Waals surface area (Å²) in [6.45, 7) is 9.01. The summed E-state index contributed by atoms with van der Waals surface area (Å²) in [5.41, 5.74) is 4.24. The Morgan fingerprint density at radius 1 is 1.11 bits per heavy atom. The van der Waals surface area contributed by atoms with E-state index in [1.165, 1.54) is 18.6 Å². The third-order valence-corrected chi connectivity index (χ3v) is 7.94. The van der Waals surface area contributed by atoms with Crippen molar-refractivity contribution in [3.63, 3.8) is 0 Å². The van der Waals surface area contributed by atoms with Crippen molar-refractivity contribution in [3.8, 4) is 21.6 Å². The van der Waals surface area contributed by atoms with Crippen molar-refractivity contribution in [2.24, 2.45) is 0 Å². The van der Waals surface area contributed by atoms with Gasteiger partial charge in [-0.05, 0) is 53.6 Å². The lowest BCUT2D eigenvalue weighted by atomic mass is 9.93. The van der Waals surface area contributed by atoms with Crippen molar-refractivity contribution < 1.29 is 19.1 Å². The monoisotopic (exact) mass is 568 g/mol. The van der Waals surface area contributed by atoms with Crippen molar-refractivity contribution in [2.45, 2.75) is 31.3 Å². The number of hydrogen-bond donors (Lipinski definition) is 1. The van der Waals surface area contributed by atoms with Gasteiger partial charge in [-0.1, -0.05) is 97.0 Å². The first-order chi connectivity index (χ1) is 18.2. The van der Waals surface area contributed by atoms with Crippen LogP contribution in [0.4, 0.5) is 10.5 Å². The molecule has 2 aromatic carbocycles. The van der Waals surface area contributed by atoms with E-state index in [-0.39, 0.29) is 16.2 Å². The second-order valence-corrected chi connectivity index (χ2v) is 10.4. The summed E-state index contributed by atoms with van der Waals surface area (Å²) in [6.07, 6.45) is 3.44. The van der Waals surface area contributed by atoms with Crippen LogP contribution in [0.15, 0.2) is 84.4 Å². The summed E-state index contributed by atoms with van der Waals surface area (Å²) >= 11 is 13.5. The zero-order valence-electron chi connectivity index (χ0n) is 20.9. The molecule has 1 aliphatic carbocycles. The third kappa shape index (κ3) is 5.70. The van der Waals surface area contributed by atoms with Gasteiger partial charge in [0, 0.05) is 10.6 Å².